The van der Waals surface area contributed by atoms with E-state index in [1.807, 2.05) is 13.8 Å². The van der Waals surface area contributed by atoms with Crippen LogP contribution in [0.5, 0.6) is 5.75 Å². The van der Waals surface area contributed by atoms with Crippen LogP contribution < -0.4 is 10.1 Å². The summed E-state index contributed by atoms with van der Waals surface area (Å²) in [7, 11) is 0. The van der Waals surface area contributed by atoms with E-state index in [0.717, 1.165) is 6.42 Å². The molecule has 0 radical (unpaired) electrons. The van der Waals surface area contributed by atoms with Gasteiger partial charge in [-0.15, -0.1) is 0 Å². The summed E-state index contributed by atoms with van der Waals surface area (Å²) in [5.74, 6) is -0.0982. The number of halogens is 1. The van der Waals surface area contributed by atoms with Crippen LogP contribution in [0.15, 0.2) is 18.2 Å². The van der Waals surface area contributed by atoms with Crippen molar-refractivity contribution in [2.75, 3.05) is 11.9 Å². The molecule has 0 aliphatic rings. The Hall–Kier alpha value is -1.58. The van der Waals surface area contributed by atoms with Gasteiger partial charge in [0.2, 0.25) is 5.91 Å². The Morgan fingerprint density at radius 2 is 2.19 bits per heavy atom. The van der Waals surface area contributed by atoms with Crippen LogP contribution >= 0.6 is 0 Å². The maximum absolute atomic E-state index is 13.0. The molecular formula is C12H16FNO2. The minimum Gasteiger partial charge on any atom is -0.492 e. The average Bonchev–Trinajstić information content (AvgIpc) is 2.23. The Morgan fingerprint density at radius 3 is 2.81 bits per heavy atom. The Morgan fingerprint density at radius 1 is 1.44 bits per heavy atom. The van der Waals surface area contributed by atoms with Crippen molar-refractivity contribution in [3.8, 4) is 5.75 Å². The van der Waals surface area contributed by atoms with Crippen LogP contribution in [0.1, 0.15) is 26.7 Å². The normalized spacial score (nSPS) is 9.94. The summed E-state index contributed by atoms with van der Waals surface area (Å²) in [6.07, 6.45) is 1.22. The minimum atomic E-state index is -0.378. The Bertz CT molecular complexity index is 366. The number of hydrogen-bond acceptors (Lipinski definition) is 2. The molecule has 0 unspecified atom stereocenters. The highest BCUT2D eigenvalue weighted by Gasteiger charge is 2.08. The molecule has 0 atom stereocenters. The molecule has 0 bridgehead atoms. The molecule has 1 aromatic rings. The molecular weight excluding hydrogens is 209 g/mol. The highest BCUT2D eigenvalue weighted by atomic mass is 19.1. The van der Waals surface area contributed by atoms with E-state index < -0.39 is 0 Å². The summed E-state index contributed by atoms with van der Waals surface area (Å²) in [6.45, 7) is 4.16. The molecule has 88 valence electrons. The fourth-order valence-corrected chi connectivity index (χ4v) is 1.31. The van der Waals surface area contributed by atoms with Crippen molar-refractivity contribution >= 4 is 11.6 Å². The predicted octanol–water partition coefficient (Wildman–Crippen LogP) is 2.96. The van der Waals surface area contributed by atoms with Gasteiger partial charge in [0.25, 0.3) is 0 Å². The van der Waals surface area contributed by atoms with E-state index in [0.29, 0.717) is 24.5 Å². The maximum atomic E-state index is 13.0. The van der Waals surface area contributed by atoms with Gasteiger partial charge in [-0.3, -0.25) is 4.79 Å². The molecule has 0 saturated carbocycles. The predicted molar refractivity (Wildman–Crippen MR) is 61.1 cm³/mol. The Labute approximate surface area is 94.6 Å². The van der Waals surface area contributed by atoms with Gasteiger partial charge in [0.05, 0.1) is 12.3 Å². The lowest BCUT2D eigenvalue weighted by Gasteiger charge is -2.11. The molecule has 1 rings (SSSR count). The maximum Gasteiger partial charge on any atom is 0.224 e. The average molecular weight is 225 g/mol. The second-order valence-electron chi connectivity index (χ2n) is 3.37. The summed E-state index contributed by atoms with van der Waals surface area (Å²) < 4.78 is 18.2. The van der Waals surface area contributed by atoms with Crippen molar-refractivity contribution in [2.45, 2.75) is 26.7 Å². The van der Waals surface area contributed by atoms with Crippen molar-refractivity contribution in [3.63, 3.8) is 0 Å². The number of anilines is 1. The van der Waals surface area contributed by atoms with E-state index >= 15 is 0 Å². The fourth-order valence-electron chi connectivity index (χ4n) is 1.31. The van der Waals surface area contributed by atoms with Crippen molar-refractivity contribution in [2.24, 2.45) is 0 Å². The molecule has 0 heterocycles. The van der Waals surface area contributed by atoms with Gasteiger partial charge in [0, 0.05) is 12.5 Å². The molecule has 16 heavy (non-hydrogen) atoms. The number of hydrogen-bond donors (Lipinski definition) is 1. The summed E-state index contributed by atoms with van der Waals surface area (Å²) in [5, 5.41) is 2.69. The van der Waals surface area contributed by atoms with E-state index in [1.54, 1.807) is 0 Å². The number of ether oxygens (including phenoxy) is 1. The lowest BCUT2D eigenvalue weighted by atomic mass is 10.2. The zero-order valence-corrected chi connectivity index (χ0v) is 9.55. The standard InChI is InChI=1S/C12H16FNO2/c1-3-5-12(15)14-10-7-6-9(13)8-11(10)16-4-2/h6-8H,3-5H2,1-2H3,(H,14,15). The first-order valence-corrected chi connectivity index (χ1v) is 5.39. The van der Waals surface area contributed by atoms with Crippen LogP contribution in [0.4, 0.5) is 10.1 Å². The third-order valence-corrected chi connectivity index (χ3v) is 1.99. The second kappa shape index (κ2) is 6.10. The van der Waals surface area contributed by atoms with Gasteiger partial charge < -0.3 is 10.1 Å². The van der Waals surface area contributed by atoms with Crippen LogP contribution in [-0.4, -0.2) is 12.5 Å². The van der Waals surface area contributed by atoms with Gasteiger partial charge in [0.15, 0.2) is 0 Å². The number of rotatable bonds is 5. The molecule has 0 aromatic heterocycles. The molecule has 1 aromatic carbocycles. The molecule has 0 aliphatic carbocycles. The highest BCUT2D eigenvalue weighted by molar-refractivity contribution is 5.92. The van der Waals surface area contributed by atoms with E-state index in [4.69, 9.17) is 4.74 Å². The van der Waals surface area contributed by atoms with Crippen LogP contribution in [-0.2, 0) is 4.79 Å². The Kier molecular flexibility index (Phi) is 4.76. The number of benzene rings is 1. The summed E-state index contributed by atoms with van der Waals surface area (Å²) >= 11 is 0. The Balaban J connectivity index is 2.81. The van der Waals surface area contributed by atoms with Crippen LogP contribution in [0.2, 0.25) is 0 Å². The van der Waals surface area contributed by atoms with Gasteiger partial charge in [-0.1, -0.05) is 6.92 Å². The first kappa shape index (κ1) is 12.5. The second-order valence-corrected chi connectivity index (χ2v) is 3.37. The molecule has 1 amide bonds. The van der Waals surface area contributed by atoms with Crippen molar-refractivity contribution < 1.29 is 13.9 Å². The van der Waals surface area contributed by atoms with Gasteiger partial charge in [0.1, 0.15) is 11.6 Å². The topological polar surface area (TPSA) is 38.3 Å². The molecule has 0 spiro atoms. The van der Waals surface area contributed by atoms with E-state index in [1.165, 1.54) is 18.2 Å². The third-order valence-electron chi connectivity index (χ3n) is 1.99. The molecule has 0 fully saturated rings. The number of carbonyl (C=O) groups is 1. The fraction of sp³-hybridized carbons (Fsp3) is 0.417. The molecule has 3 nitrogen and oxygen atoms in total. The summed E-state index contributed by atoms with van der Waals surface area (Å²) in [6, 6.07) is 4.07. The molecule has 4 heteroatoms. The van der Waals surface area contributed by atoms with Crippen molar-refractivity contribution in [1.29, 1.82) is 0 Å². The molecule has 0 saturated heterocycles. The van der Waals surface area contributed by atoms with Gasteiger partial charge in [-0.05, 0) is 25.5 Å². The summed E-state index contributed by atoms with van der Waals surface area (Å²) in [5.41, 5.74) is 0.515. The van der Waals surface area contributed by atoms with Gasteiger partial charge >= 0.3 is 0 Å². The van der Waals surface area contributed by atoms with Gasteiger partial charge in [-0.2, -0.15) is 0 Å². The monoisotopic (exact) mass is 225 g/mol. The number of nitrogens with one attached hydrogen (secondary N) is 1. The van der Waals surface area contributed by atoms with E-state index in [2.05, 4.69) is 5.32 Å². The molecule has 0 aliphatic heterocycles. The first-order chi connectivity index (χ1) is 7.67. The smallest absolute Gasteiger partial charge is 0.224 e. The third kappa shape index (κ3) is 3.53. The van der Waals surface area contributed by atoms with Crippen molar-refractivity contribution in [1.82, 2.24) is 0 Å². The lowest BCUT2D eigenvalue weighted by molar-refractivity contribution is -0.116. The minimum absolute atomic E-state index is 0.0879. The quantitative estimate of drug-likeness (QED) is 0.836. The van der Waals surface area contributed by atoms with E-state index in [9.17, 15) is 9.18 Å². The van der Waals surface area contributed by atoms with Crippen molar-refractivity contribution in [3.05, 3.63) is 24.0 Å². The largest absolute Gasteiger partial charge is 0.492 e. The van der Waals surface area contributed by atoms with Crippen LogP contribution in [0, 0.1) is 5.82 Å². The van der Waals surface area contributed by atoms with Gasteiger partial charge in [-0.25, -0.2) is 4.39 Å². The first-order valence-electron chi connectivity index (χ1n) is 5.39. The van der Waals surface area contributed by atoms with Crippen LogP contribution in [0.25, 0.3) is 0 Å². The highest BCUT2D eigenvalue weighted by Crippen LogP contribution is 2.25. The lowest BCUT2D eigenvalue weighted by Crippen LogP contribution is -2.12. The summed E-state index contributed by atoms with van der Waals surface area (Å²) in [4.78, 5) is 11.4. The molecule has 1 N–H and O–H groups in total. The number of amides is 1. The van der Waals surface area contributed by atoms with Crippen LogP contribution in [0.3, 0.4) is 0 Å². The van der Waals surface area contributed by atoms with E-state index in [-0.39, 0.29) is 11.7 Å². The zero-order valence-electron chi connectivity index (χ0n) is 9.55. The SMILES string of the molecule is CCCC(=O)Nc1ccc(F)cc1OCC. The zero-order chi connectivity index (χ0) is 12.0. The number of carbonyl (C=O) groups excluding carboxylic acids is 1.